The van der Waals surface area contributed by atoms with Crippen molar-refractivity contribution in [1.29, 1.82) is 0 Å². The number of thiophene rings is 1. The van der Waals surface area contributed by atoms with E-state index in [1.54, 1.807) is 0 Å². The van der Waals surface area contributed by atoms with E-state index in [-0.39, 0.29) is 6.03 Å². The van der Waals surface area contributed by atoms with Gasteiger partial charge in [0.1, 0.15) is 0 Å². The van der Waals surface area contributed by atoms with Crippen LogP contribution in [0.3, 0.4) is 0 Å². The Balaban J connectivity index is 1.66. The molecule has 0 fully saturated rings. The molecule has 2 N–H and O–H groups in total. The number of hydrogen-bond acceptors (Lipinski definition) is 3. The first-order valence-electron chi connectivity index (χ1n) is 8.01. The third-order valence-electron chi connectivity index (χ3n) is 4.08. The van der Waals surface area contributed by atoms with Crippen molar-refractivity contribution >= 4 is 17.4 Å². The quantitative estimate of drug-likeness (QED) is 0.761. The summed E-state index contributed by atoms with van der Waals surface area (Å²) < 4.78 is 0. The average molecular weight is 309 g/mol. The van der Waals surface area contributed by atoms with Crippen molar-refractivity contribution in [2.24, 2.45) is 0 Å². The molecular weight excluding hydrogens is 282 g/mol. The van der Waals surface area contributed by atoms with Crippen molar-refractivity contribution in [1.82, 2.24) is 15.5 Å². The summed E-state index contributed by atoms with van der Waals surface area (Å²) in [5.74, 6) is 0. The maximum absolute atomic E-state index is 11.7. The summed E-state index contributed by atoms with van der Waals surface area (Å²) >= 11 is 1.86. The number of nitrogens with zero attached hydrogens (tertiary/aromatic N) is 1. The average Bonchev–Trinajstić information content (AvgIpc) is 2.96. The highest BCUT2D eigenvalue weighted by Gasteiger charge is 2.21. The van der Waals surface area contributed by atoms with Gasteiger partial charge in [-0.3, -0.25) is 4.90 Å². The van der Waals surface area contributed by atoms with Crippen LogP contribution in [0.4, 0.5) is 4.79 Å². The Morgan fingerprint density at radius 3 is 3.10 bits per heavy atom. The highest BCUT2D eigenvalue weighted by atomic mass is 32.1. The molecule has 1 aliphatic rings. The molecule has 2 heterocycles. The summed E-state index contributed by atoms with van der Waals surface area (Å²) in [6, 6.07) is 2.57. The summed E-state index contributed by atoms with van der Waals surface area (Å²) in [4.78, 5) is 15.7. The molecule has 0 radical (unpaired) electrons. The van der Waals surface area contributed by atoms with Gasteiger partial charge in [0.2, 0.25) is 0 Å². The molecule has 118 valence electrons. The Morgan fingerprint density at radius 1 is 1.43 bits per heavy atom. The molecule has 21 heavy (non-hydrogen) atoms. The van der Waals surface area contributed by atoms with Crippen LogP contribution in [0.15, 0.2) is 11.4 Å². The molecule has 1 aromatic heterocycles. The fraction of sp³-hybridized carbons (Fsp3) is 0.688. The first-order valence-corrected chi connectivity index (χ1v) is 8.89. The predicted octanol–water partition coefficient (Wildman–Crippen LogP) is 2.98. The van der Waals surface area contributed by atoms with Gasteiger partial charge in [-0.05, 0) is 36.8 Å². The van der Waals surface area contributed by atoms with Crippen LogP contribution in [0.1, 0.15) is 43.6 Å². The van der Waals surface area contributed by atoms with Gasteiger partial charge < -0.3 is 10.6 Å². The van der Waals surface area contributed by atoms with Gasteiger partial charge in [-0.15, -0.1) is 11.3 Å². The van der Waals surface area contributed by atoms with E-state index in [1.807, 2.05) is 11.3 Å². The standard InChI is InChI=1S/C16H27N3OS/c1-3-4-5-8-17-16(20)18-11-13(2)19-9-6-15-14(12-19)7-10-21-15/h7,10,13H,3-6,8-9,11-12H2,1-2H3,(H2,17,18,20)/t13-/m0/s1. The molecule has 5 heteroatoms. The number of urea groups is 1. The summed E-state index contributed by atoms with van der Waals surface area (Å²) in [5.41, 5.74) is 1.46. The lowest BCUT2D eigenvalue weighted by atomic mass is 10.1. The van der Waals surface area contributed by atoms with Gasteiger partial charge in [0.05, 0.1) is 0 Å². The van der Waals surface area contributed by atoms with Crippen molar-refractivity contribution in [2.75, 3.05) is 19.6 Å². The van der Waals surface area contributed by atoms with Gasteiger partial charge in [0.25, 0.3) is 0 Å². The summed E-state index contributed by atoms with van der Waals surface area (Å²) in [7, 11) is 0. The molecule has 4 nitrogen and oxygen atoms in total. The zero-order valence-electron chi connectivity index (χ0n) is 13.2. The van der Waals surface area contributed by atoms with Crippen molar-refractivity contribution in [3.05, 3.63) is 21.9 Å². The number of unbranched alkanes of at least 4 members (excludes halogenated alkanes) is 2. The Morgan fingerprint density at radius 2 is 2.29 bits per heavy atom. The number of hydrogen-bond donors (Lipinski definition) is 2. The minimum absolute atomic E-state index is 0.0359. The number of carbonyl (C=O) groups is 1. The lowest BCUT2D eigenvalue weighted by Gasteiger charge is -2.32. The van der Waals surface area contributed by atoms with E-state index in [0.717, 1.165) is 32.5 Å². The van der Waals surface area contributed by atoms with Crippen molar-refractivity contribution < 1.29 is 4.79 Å². The summed E-state index contributed by atoms with van der Waals surface area (Å²) in [5, 5.41) is 8.09. The summed E-state index contributed by atoms with van der Waals surface area (Å²) in [6.45, 7) is 7.94. The Hall–Kier alpha value is -1.07. The van der Waals surface area contributed by atoms with Gasteiger partial charge in [-0.1, -0.05) is 19.8 Å². The van der Waals surface area contributed by atoms with Crippen LogP contribution in [-0.4, -0.2) is 36.6 Å². The Bertz CT molecular complexity index is 446. The number of rotatable bonds is 7. The van der Waals surface area contributed by atoms with E-state index in [0.29, 0.717) is 12.6 Å². The molecule has 0 unspecified atom stereocenters. The first-order chi connectivity index (χ1) is 10.2. The molecule has 0 saturated carbocycles. The van der Waals surface area contributed by atoms with Crippen molar-refractivity contribution in [3.8, 4) is 0 Å². The highest BCUT2D eigenvalue weighted by Crippen LogP contribution is 2.24. The zero-order valence-corrected chi connectivity index (χ0v) is 14.0. The molecule has 2 rings (SSSR count). The molecule has 0 saturated heterocycles. The SMILES string of the molecule is CCCCCNC(=O)NC[C@H](C)N1CCc2sccc2C1. The molecule has 1 atom stereocenters. The van der Waals surface area contributed by atoms with Crippen LogP contribution in [0, 0.1) is 0 Å². The third-order valence-corrected chi connectivity index (χ3v) is 5.11. The molecular formula is C16H27N3OS. The monoisotopic (exact) mass is 309 g/mol. The van der Waals surface area contributed by atoms with E-state index in [4.69, 9.17) is 0 Å². The molecule has 0 spiro atoms. The summed E-state index contributed by atoms with van der Waals surface area (Å²) in [6.07, 6.45) is 4.56. The van der Waals surface area contributed by atoms with Crippen LogP contribution >= 0.6 is 11.3 Å². The first kappa shape index (κ1) is 16.3. The van der Waals surface area contributed by atoms with E-state index >= 15 is 0 Å². The second-order valence-corrected chi connectivity index (χ2v) is 6.78. The fourth-order valence-corrected chi connectivity index (χ4v) is 3.55. The van der Waals surface area contributed by atoms with E-state index < -0.39 is 0 Å². The lowest BCUT2D eigenvalue weighted by Crippen LogP contribution is -2.46. The normalized spacial score (nSPS) is 16.3. The van der Waals surface area contributed by atoms with Crippen LogP contribution in [-0.2, 0) is 13.0 Å². The highest BCUT2D eigenvalue weighted by molar-refractivity contribution is 7.10. The van der Waals surface area contributed by atoms with Gasteiger partial charge in [-0.2, -0.15) is 0 Å². The maximum Gasteiger partial charge on any atom is 0.314 e. The smallest absolute Gasteiger partial charge is 0.314 e. The van der Waals surface area contributed by atoms with Crippen molar-refractivity contribution in [3.63, 3.8) is 0 Å². The minimum atomic E-state index is -0.0359. The number of amides is 2. The molecule has 0 aliphatic carbocycles. The molecule has 0 aromatic carbocycles. The lowest BCUT2D eigenvalue weighted by molar-refractivity contribution is 0.186. The van der Waals surface area contributed by atoms with E-state index in [2.05, 4.69) is 40.8 Å². The predicted molar refractivity (Wildman–Crippen MR) is 88.8 cm³/mol. The second kappa shape index (κ2) is 8.39. The van der Waals surface area contributed by atoms with Gasteiger partial charge in [0, 0.05) is 37.1 Å². The molecule has 1 aromatic rings. The van der Waals surface area contributed by atoms with Gasteiger partial charge in [-0.25, -0.2) is 4.79 Å². The zero-order chi connectivity index (χ0) is 15.1. The Labute approximate surface area is 131 Å². The van der Waals surface area contributed by atoms with Crippen LogP contribution in [0.5, 0.6) is 0 Å². The molecule has 1 aliphatic heterocycles. The van der Waals surface area contributed by atoms with Crippen LogP contribution in [0.25, 0.3) is 0 Å². The van der Waals surface area contributed by atoms with Crippen LogP contribution in [0.2, 0.25) is 0 Å². The number of nitrogens with one attached hydrogen (secondary N) is 2. The second-order valence-electron chi connectivity index (χ2n) is 5.78. The molecule has 2 amide bonds. The van der Waals surface area contributed by atoms with E-state index in [1.165, 1.54) is 23.3 Å². The van der Waals surface area contributed by atoms with Crippen molar-refractivity contribution in [2.45, 2.75) is 52.1 Å². The number of carbonyl (C=O) groups excluding carboxylic acids is 1. The largest absolute Gasteiger partial charge is 0.338 e. The number of fused-ring (bicyclic) bond motifs is 1. The Kier molecular flexibility index (Phi) is 6.51. The topological polar surface area (TPSA) is 44.4 Å². The molecule has 0 bridgehead atoms. The fourth-order valence-electron chi connectivity index (χ4n) is 2.66. The minimum Gasteiger partial charge on any atom is -0.338 e. The van der Waals surface area contributed by atoms with Gasteiger partial charge in [0.15, 0.2) is 0 Å². The third kappa shape index (κ3) is 5.00. The van der Waals surface area contributed by atoms with E-state index in [9.17, 15) is 4.79 Å². The van der Waals surface area contributed by atoms with Crippen LogP contribution < -0.4 is 10.6 Å². The van der Waals surface area contributed by atoms with Gasteiger partial charge >= 0.3 is 6.03 Å². The maximum atomic E-state index is 11.7.